The second kappa shape index (κ2) is 9.94. The SMILES string of the molecule is C=C[C@@H]1C[C@@]2(CN1C(=O)[C@H](CC(C)C)N(C)C(=O)OCc1ccccc1)C(=O)Nc1ccccc12. The summed E-state index contributed by atoms with van der Waals surface area (Å²) >= 11 is 0. The van der Waals surface area contributed by atoms with Gasteiger partial charge in [0, 0.05) is 19.3 Å². The fraction of sp³-hybridized carbons (Fsp3) is 0.393. The molecule has 1 spiro atoms. The van der Waals surface area contributed by atoms with Crippen molar-refractivity contribution in [2.24, 2.45) is 5.92 Å². The third kappa shape index (κ3) is 4.67. The van der Waals surface area contributed by atoms with E-state index in [1.54, 1.807) is 18.0 Å². The number of carbonyl (C=O) groups is 3. The van der Waals surface area contributed by atoms with Crippen molar-refractivity contribution in [3.05, 3.63) is 78.4 Å². The fourth-order valence-corrected chi connectivity index (χ4v) is 5.14. The summed E-state index contributed by atoms with van der Waals surface area (Å²) in [5.74, 6) is -0.128. The molecule has 1 saturated heterocycles. The van der Waals surface area contributed by atoms with E-state index in [4.69, 9.17) is 4.74 Å². The zero-order valence-corrected chi connectivity index (χ0v) is 20.6. The summed E-state index contributed by atoms with van der Waals surface area (Å²) in [5.41, 5.74) is 1.75. The van der Waals surface area contributed by atoms with E-state index in [0.29, 0.717) is 12.8 Å². The number of nitrogens with zero attached hydrogens (tertiary/aromatic N) is 2. The minimum Gasteiger partial charge on any atom is -0.445 e. The number of nitrogens with one attached hydrogen (secondary N) is 1. The third-order valence-electron chi connectivity index (χ3n) is 7.02. The minimum atomic E-state index is -0.820. The number of hydrogen-bond donors (Lipinski definition) is 1. The van der Waals surface area contributed by atoms with E-state index in [2.05, 4.69) is 11.9 Å². The van der Waals surface area contributed by atoms with Crippen molar-refractivity contribution in [3.63, 3.8) is 0 Å². The maximum Gasteiger partial charge on any atom is 0.410 e. The monoisotopic (exact) mass is 475 g/mol. The zero-order valence-electron chi connectivity index (χ0n) is 20.6. The number of anilines is 1. The van der Waals surface area contributed by atoms with Gasteiger partial charge in [-0.3, -0.25) is 14.5 Å². The molecule has 1 N–H and O–H groups in total. The molecular formula is C28H33N3O4. The van der Waals surface area contributed by atoms with Crippen LogP contribution in [0.4, 0.5) is 10.5 Å². The highest BCUT2D eigenvalue weighted by Crippen LogP contribution is 2.46. The highest BCUT2D eigenvalue weighted by atomic mass is 16.6. The summed E-state index contributed by atoms with van der Waals surface area (Å²) in [5, 5.41) is 2.97. The Hall–Kier alpha value is -3.61. The molecular weight excluding hydrogens is 442 g/mol. The van der Waals surface area contributed by atoms with Crippen LogP contribution in [0.5, 0.6) is 0 Å². The van der Waals surface area contributed by atoms with Crippen LogP contribution in [-0.2, 0) is 26.3 Å². The van der Waals surface area contributed by atoms with Crippen LogP contribution in [0.1, 0.15) is 37.8 Å². The Bertz CT molecular complexity index is 1120. The first-order valence-electron chi connectivity index (χ1n) is 12.0. The Morgan fingerprint density at radius 3 is 2.57 bits per heavy atom. The van der Waals surface area contributed by atoms with Crippen LogP contribution >= 0.6 is 0 Å². The van der Waals surface area contributed by atoms with Gasteiger partial charge < -0.3 is 15.0 Å². The summed E-state index contributed by atoms with van der Waals surface area (Å²) in [6, 6.07) is 16.0. The number of amides is 3. The highest BCUT2D eigenvalue weighted by molar-refractivity contribution is 6.07. The molecule has 3 amide bonds. The smallest absolute Gasteiger partial charge is 0.410 e. The number of benzene rings is 2. The minimum absolute atomic E-state index is 0.100. The van der Waals surface area contributed by atoms with E-state index in [0.717, 1.165) is 16.8 Å². The van der Waals surface area contributed by atoms with Gasteiger partial charge in [0.2, 0.25) is 11.8 Å². The molecule has 0 bridgehead atoms. The number of carbonyl (C=O) groups excluding carboxylic acids is 3. The molecule has 0 aromatic heterocycles. The van der Waals surface area contributed by atoms with Gasteiger partial charge in [-0.05, 0) is 36.0 Å². The van der Waals surface area contributed by atoms with Gasteiger partial charge in [0.1, 0.15) is 12.6 Å². The van der Waals surface area contributed by atoms with Gasteiger partial charge in [0.25, 0.3) is 0 Å². The standard InChI is InChI=1S/C28H33N3O4/c1-5-21-16-28(22-13-9-10-14-23(22)29-26(28)33)18-31(21)25(32)24(15-19(2)3)30(4)27(34)35-17-20-11-7-6-8-12-20/h5-14,19,21,24H,1,15-18H2,2-4H3,(H,29,33)/t21-,24+,28+/m1/s1. The Labute approximate surface area is 206 Å². The molecule has 1 fully saturated rings. The Morgan fingerprint density at radius 1 is 1.20 bits per heavy atom. The maximum atomic E-state index is 13.9. The lowest BCUT2D eigenvalue weighted by molar-refractivity contribution is -0.137. The molecule has 0 unspecified atom stereocenters. The quantitative estimate of drug-likeness (QED) is 0.604. The van der Waals surface area contributed by atoms with Gasteiger partial charge >= 0.3 is 6.09 Å². The van der Waals surface area contributed by atoms with Gasteiger partial charge in [0.15, 0.2) is 0 Å². The van der Waals surface area contributed by atoms with E-state index in [1.165, 1.54) is 4.90 Å². The number of likely N-dealkylation sites (N-methyl/N-ethyl adjacent to an activating group) is 1. The topological polar surface area (TPSA) is 79.0 Å². The molecule has 2 aliphatic rings. The van der Waals surface area contributed by atoms with Crippen LogP contribution in [-0.4, -0.2) is 53.4 Å². The van der Waals surface area contributed by atoms with E-state index in [1.807, 2.05) is 68.4 Å². The van der Waals surface area contributed by atoms with Crippen molar-refractivity contribution in [3.8, 4) is 0 Å². The van der Waals surface area contributed by atoms with Gasteiger partial charge in [-0.25, -0.2) is 4.79 Å². The van der Waals surface area contributed by atoms with Crippen molar-refractivity contribution in [2.45, 2.75) is 50.8 Å². The fourth-order valence-electron chi connectivity index (χ4n) is 5.14. The molecule has 0 radical (unpaired) electrons. The van der Waals surface area contributed by atoms with E-state index < -0.39 is 17.6 Å². The maximum absolute atomic E-state index is 13.9. The molecule has 2 aromatic rings. The number of para-hydroxylation sites is 1. The molecule has 4 rings (SSSR count). The molecule has 184 valence electrons. The number of rotatable bonds is 7. The average molecular weight is 476 g/mol. The first kappa shape index (κ1) is 24.5. The lowest BCUT2D eigenvalue weighted by Crippen LogP contribution is -2.52. The molecule has 2 aromatic carbocycles. The first-order valence-corrected chi connectivity index (χ1v) is 12.0. The molecule has 7 heteroatoms. The van der Waals surface area contributed by atoms with E-state index in [-0.39, 0.29) is 36.9 Å². The molecule has 0 saturated carbocycles. The van der Waals surface area contributed by atoms with Gasteiger partial charge in [-0.2, -0.15) is 0 Å². The summed E-state index contributed by atoms with van der Waals surface area (Å²) in [4.78, 5) is 43.1. The third-order valence-corrected chi connectivity index (χ3v) is 7.02. The Kier molecular flexibility index (Phi) is 6.96. The number of hydrogen-bond acceptors (Lipinski definition) is 4. The lowest BCUT2D eigenvalue weighted by atomic mass is 9.79. The lowest BCUT2D eigenvalue weighted by Gasteiger charge is -2.33. The number of ether oxygens (including phenoxy) is 1. The predicted octanol–water partition coefficient (Wildman–Crippen LogP) is 4.35. The van der Waals surface area contributed by atoms with Crippen LogP contribution in [0.25, 0.3) is 0 Å². The number of likely N-dealkylation sites (tertiary alicyclic amines) is 1. The molecule has 35 heavy (non-hydrogen) atoms. The first-order chi connectivity index (χ1) is 16.8. The van der Waals surface area contributed by atoms with Crippen molar-refractivity contribution >= 4 is 23.6 Å². The summed E-state index contributed by atoms with van der Waals surface area (Å²) in [7, 11) is 1.60. The van der Waals surface area contributed by atoms with Crippen LogP contribution < -0.4 is 5.32 Å². The van der Waals surface area contributed by atoms with Crippen LogP contribution in [0.2, 0.25) is 0 Å². The van der Waals surface area contributed by atoms with E-state index in [9.17, 15) is 14.4 Å². The summed E-state index contributed by atoms with van der Waals surface area (Å²) in [6.45, 7) is 8.35. The zero-order chi connectivity index (χ0) is 25.2. The highest BCUT2D eigenvalue weighted by Gasteiger charge is 2.55. The van der Waals surface area contributed by atoms with Crippen molar-refractivity contribution in [1.82, 2.24) is 9.80 Å². The Morgan fingerprint density at radius 2 is 1.89 bits per heavy atom. The molecule has 7 nitrogen and oxygen atoms in total. The van der Waals surface area contributed by atoms with Crippen LogP contribution in [0, 0.1) is 5.92 Å². The second-order valence-corrected chi connectivity index (χ2v) is 9.85. The predicted molar refractivity (Wildman–Crippen MR) is 135 cm³/mol. The molecule has 2 heterocycles. The summed E-state index contributed by atoms with van der Waals surface area (Å²) < 4.78 is 5.51. The largest absolute Gasteiger partial charge is 0.445 e. The molecule has 3 atom stereocenters. The van der Waals surface area contributed by atoms with Crippen molar-refractivity contribution < 1.29 is 19.1 Å². The van der Waals surface area contributed by atoms with E-state index >= 15 is 0 Å². The van der Waals surface area contributed by atoms with Crippen molar-refractivity contribution in [1.29, 1.82) is 0 Å². The summed E-state index contributed by atoms with van der Waals surface area (Å²) in [6.07, 6.45) is 2.11. The normalized spacial score (nSPS) is 21.5. The van der Waals surface area contributed by atoms with Crippen LogP contribution in [0.3, 0.4) is 0 Å². The second-order valence-electron chi connectivity index (χ2n) is 9.85. The molecule has 2 aliphatic heterocycles. The van der Waals surface area contributed by atoms with Crippen molar-refractivity contribution in [2.75, 3.05) is 18.9 Å². The average Bonchev–Trinajstić information content (AvgIpc) is 3.39. The van der Waals surface area contributed by atoms with Gasteiger partial charge in [-0.15, -0.1) is 6.58 Å². The van der Waals surface area contributed by atoms with Crippen LogP contribution in [0.15, 0.2) is 67.3 Å². The molecule has 0 aliphatic carbocycles. The Balaban J connectivity index is 1.55. The number of fused-ring (bicyclic) bond motifs is 2. The van der Waals surface area contributed by atoms with Gasteiger partial charge in [-0.1, -0.05) is 68.5 Å². The van der Waals surface area contributed by atoms with Gasteiger partial charge in [0.05, 0.1) is 11.5 Å².